The molecule has 2 rings (SSSR count). The normalized spacial score (nSPS) is 18.6. The van der Waals surface area contributed by atoms with Crippen molar-refractivity contribution in [2.24, 2.45) is 0 Å². The molecule has 0 amide bonds. The minimum atomic E-state index is -3.62. The van der Waals surface area contributed by atoms with Gasteiger partial charge in [-0.3, -0.25) is 4.90 Å². The minimum Gasteiger partial charge on any atom is -0.299 e. The lowest BCUT2D eigenvalue weighted by molar-refractivity contribution is 0.260. The highest BCUT2D eigenvalue weighted by Crippen LogP contribution is 2.13. The number of nitrogens with zero attached hydrogens (tertiary/aromatic N) is 1. The average Bonchev–Trinajstić information content (AvgIpc) is 2.90. The Morgan fingerprint density at radius 3 is 2.68 bits per heavy atom. The highest BCUT2D eigenvalue weighted by Gasteiger charge is 2.21. The molecule has 1 aliphatic heterocycles. The molecule has 0 radical (unpaired) electrons. The molecule has 0 saturated carbocycles. The first-order valence-corrected chi connectivity index (χ1v) is 7.96. The van der Waals surface area contributed by atoms with Crippen LogP contribution in [-0.2, 0) is 10.0 Å². The Kier molecular flexibility index (Phi) is 4.54. The summed E-state index contributed by atoms with van der Waals surface area (Å²) in [5, 5.41) is 0. The highest BCUT2D eigenvalue weighted by atomic mass is 32.2. The molecule has 1 aliphatic rings. The predicted octanol–water partition coefficient (Wildman–Crippen LogP) is 1.59. The number of likely N-dealkylation sites (tertiary alicyclic amines) is 1. The van der Waals surface area contributed by atoms with E-state index < -0.39 is 15.8 Å². The molecule has 1 heterocycles. The topological polar surface area (TPSA) is 49.4 Å². The summed E-state index contributed by atoms with van der Waals surface area (Å²) in [7, 11) is -3.62. The molecule has 1 fully saturated rings. The van der Waals surface area contributed by atoms with E-state index in [1.165, 1.54) is 31.0 Å². The van der Waals surface area contributed by atoms with Crippen molar-refractivity contribution in [2.45, 2.75) is 30.7 Å². The maximum absolute atomic E-state index is 13.0. The van der Waals surface area contributed by atoms with E-state index >= 15 is 0 Å². The standard InChI is InChI=1S/C13H19FN2O2S/c1-11(16-7-2-3-8-16)10-15-19(17,18)13-6-4-5-12(14)9-13/h4-6,9,11,15H,2-3,7-8,10H2,1H3. The second-order valence-corrected chi connectivity index (χ2v) is 6.67. The Morgan fingerprint density at radius 2 is 2.05 bits per heavy atom. The Labute approximate surface area is 113 Å². The molecule has 1 aromatic carbocycles. The van der Waals surface area contributed by atoms with E-state index in [-0.39, 0.29) is 10.9 Å². The Bertz CT molecular complexity index is 527. The molecule has 0 spiro atoms. The molecule has 1 N–H and O–H groups in total. The van der Waals surface area contributed by atoms with Gasteiger partial charge in [-0.2, -0.15) is 0 Å². The average molecular weight is 286 g/mol. The fourth-order valence-electron chi connectivity index (χ4n) is 2.26. The molecule has 106 valence electrons. The van der Waals surface area contributed by atoms with E-state index in [0.29, 0.717) is 6.54 Å². The van der Waals surface area contributed by atoms with Crippen molar-refractivity contribution < 1.29 is 12.8 Å². The van der Waals surface area contributed by atoms with Crippen LogP contribution in [0.25, 0.3) is 0 Å². The number of hydrogen-bond donors (Lipinski definition) is 1. The van der Waals surface area contributed by atoms with Gasteiger partial charge in [0.15, 0.2) is 0 Å². The molecule has 1 aromatic rings. The summed E-state index contributed by atoms with van der Waals surface area (Å²) in [6, 6.07) is 5.21. The van der Waals surface area contributed by atoms with Gasteiger partial charge < -0.3 is 0 Å². The largest absolute Gasteiger partial charge is 0.299 e. The van der Waals surface area contributed by atoms with Gasteiger partial charge in [-0.25, -0.2) is 17.5 Å². The van der Waals surface area contributed by atoms with E-state index in [1.807, 2.05) is 6.92 Å². The van der Waals surface area contributed by atoms with Gasteiger partial charge >= 0.3 is 0 Å². The number of benzene rings is 1. The second-order valence-electron chi connectivity index (χ2n) is 4.90. The molecule has 1 unspecified atom stereocenters. The van der Waals surface area contributed by atoms with Crippen molar-refractivity contribution in [1.82, 2.24) is 9.62 Å². The number of hydrogen-bond acceptors (Lipinski definition) is 3. The lowest BCUT2D eigenvalue weighted by atomic mass is 10.3. The van der Waals surface area contributed by atoms with E-state index in [9.17, 15) is 12.8 Å². The lowest BCUT2D eigenvalue weighted by Gasteiger charge is -2.23. The number of rotatable bonds is 5. The van der Waals surface area contributed by atoms with Gasteiger partial charge in [0.1, 0.15) is 5.82 Å². The smallest absolute Gasteiger partial charge is 0.240 e. The highest BCUT2D eigenvalue weighted by molar-refractivity contribution is 7.89. The van der Waals surface area contributed by atoms with Gasteiger partial charge in [0.2, 0.25) is 10.0 Å². The van der Waals surface area contributed by atoms with Crippen molar-refractivity contribution in [3.63, 3.8) is 0 Å². The van der Waals surface area contributed by atoms with Crippen molar-refractivity contribution in [3.8, 4) is 0 Å². The number of sulfonamides is 1. The van der Waals surface area contributed by atoms with Crippen LogP contribution in [0.15, 0.2) is 29.2 Å². The lowest BCUT2D eigenvalue weighted by Crippen LogP contribution is -2.40. The van der Waals surface area contributed by atoms with Crippen molar-refractivity contribution >= 4 is 10.0 Å². The molecule has 6 heteroatoms. The Balaban J connectivity index is 1.97. The first kappa shape index (κ1) is 14.4. The Hall–Kier alpha value is -0.980. The zero-order valence-electron chi connectivity index (χ0n) is 11.0. The van der Waals surface area contributed by atoms with Crippen LogP contribution >= 0.6 is 0 Å². The predicted molar refractivity (Wildman–Crippen MR) is 71.9 cm³/mol. The number of halogens is 1. The summed E-state index contributed by atoms with van der Waals surface area (Å²) in [5.41, 5.74) is 0. The zero-order valence-corrected chi connectivity index (χ0v) is 11.8. The third-order valence-electron chi connectivity index (χ3n) is 3.44. The van der Waals surface area contributed by atoms with Crippen LogP contribution in [0.2, 0.25) is 0 Å². The van der Waals surface area contributed by atoms with Crippen LogP contribution in [0.5, 0.6) is 0 Å². The summed E-state index contributed by atoms with van der Waals surface area (Å²) in [6.07, 6.45) is 2.34. The molecule has 0 bridgehead atoms. The van der Waals surface area contributed by atoms with Crippen molar-refractivity contribution in [3.05, 3.63) is 30.1 Å². The van der Waals surface area contributed by atoms with Crippen LogP contribution in [0.1, 0.15) is 19.8 Å². The van der Waals surface area contributed by atoms with Gasteiger partial charge in [-0.1, -0.05) is 6.07 Å². The molecule has 0 aliphatic carbocycles. The maximum Gasteiger partial charge on any atom is 0.240 e. The van der Waals surface area contributed by atoms with Crippen molar-refractivity contribution in [2.75, 3.05) is 19.6 Å². The Morgan fingerprint density at radius 1 is 1.37 bits per heavy atom. The minimum absolute atomic E-state index is 0.0267. The third-order valence-corrected chi connectivity index (χ3v) is 4.86. The molecule has 19 heavy (non-hydrogen) atoms. The summed E-state index contributed by atoms with van der Waals surface area (Å²) >= 11 is 0. The van der Waals surface area contributed by atoms with Crippen LogP contribution in [0, 0.1) is 5.82 Å². The van der Waals surface area contributed by atoms with E-state index in [2.05, 4.69) is 9.62 Å². The summed E-state index contributed by atoms with van der Waals surface area (Å²) in [5.74, 6) is -0.546. The first-order chi connectivity index (χ1) is 8.99. The van der Waals surface area contributed by atoms with Crippen LogP contribution in [0.3, 0.4) is 0 Å². The van der Waals surface area contributed by atoms with Gasteiger partial charge in [0.05, 0.1) is 4.90 Å². The molecule has 1 atom stereocenters. The van der Waals surface area contributed by atoms with E-state index in [0.717, 1.165) is 19.2 Å². The maximum atomic E-state index is 13.0. The van der Waals surface area contributed by atoms with Crippen LogP contribution in [0.4, 0.5) is 4.39 Å². The fraction of sp³-hybridized carbons (Fsp3) is 0.538. The van der Waals surface area contributed by atoms with Gasteiger partial charge in [0.25, 0.3) is 0 Å². The number of nitrogens with one attached hydrogen (secondary N) is 1. The quantitative estimate of drug-likeness (QED) is 0.894. The van der Waals surface area contributed by atoms with E-state index in [1.54, 1.807) is 0 Å². The SMILES string of the molecule is CC(CNS(=O)(=O)c1cccc(F)c1)N1CCCC1. The van der Waals surface area contributed by atoms with Gasteiger partial charge in [-0.15, -0.1) is 0 Å². The molecular weight excluding hydrogens is 267 g/mol. The molecular formula is C13H19FN2O2S. The fourth-order valence-corrected chi connectivity index (χ4v) is 3.41. The van der Waals surface area contributed by atoms with Crippen LogP contribution < -0.4 is 4.72 Å². The molecule has 1 saturated heterocycles. The molecule has 4 nitrogen and oxygen atoms in total. The molecule has 0 aromatic heterocycles. The van der Waals surface area contributed by atoms with Gasteiger partial charge in [0, 0.05) is 12.6 Å². The second kappa shape index (κ2) is 5.98. The summed E-state index contributed by atoms with van der Waals surface area (Å²) in [6.45, 7) is 4.38. The monoisotopic (exact) mass is 286 g/mol. The summed E-state index contributed by atoms with van der Waals surface area (Å²) in [4.78, 5) is 2.23. The summed E-state index contributed by atoms with van der Waals surface area (Å²) < 4.78 is 39.6. The first-order valence-electron chi connectivity index (χ1n) is 6.48. The third kappa shape index (κ3) is 3.75. The zero-order chi connectivity index (χ0) is 13.9. The van der Waals surface area contributed by atoms with E-state index in [4.69, 9.17) is 0 Å². The van der Waals surface area contributed by atoms with Crippen LogP contribution in [-0.4, -0.2) is 39.0 Å². The van der Waals surface area contributed by atoms with Gasteiger partial charge in [-0.05, 0) is 51.1 Å². The van der Waals surface area contributed by atoms with Crippen molar-refractivity contribution in [1.29, 1.82) is 0 Å².